The van der Waals surface area contributed by atoms with Crippen molar-refractivity contribution in [3.05, 3.63) is 28.2 Å². The van der Waals surface area contributed by atoms with Gasteiger partial charge in [0.05, 0.1) is 11.1 Å². The predicted octanol–water partition coefficient (Wildman–Crippen LogP) is 4.28. The molecule has 3 heteroatoms. The third kappa shape index (κ3) is 3.27. The molecule has 0 radical (unpaired) electrons. The standard InChI is InChI=1S/C15H22BrNO/c1-3-8-18-14-7-6-12(9-13(14)16)15(17)10(2)11-4-5-11/h6-7,9-11,15H,3-5,8,17H2,1-2H3. The van der Waals surface area contributed by atoms with Crippen LogP contribution in [-0.4, -0.2) is 6.61 Å². The van der Waals surface area contributed by atoms with Crippen LogP contribution in [0.1, 0.15) is 44.7 Å². The van der Waals surface area contributed by atoms with Crippen LogP contribution in [0, 0.1) is 11.8 Å². The van der Waals surface area contributed by atoms with Crippen LogP contribution in [0.5, 0.6) is 5.75 Å². The summed E-state index contributed by atoms with van der Waals surface area (Å²) in [6.45, 7) is 5.12. The molecule has 1 saturated carbocycles. The molecule has 1 fully saturated rings. The summed E-state index contributed by atoms with van der Waals surface area (Å²) in [4.78, 5) is 0. The Morgan fingerprint density at radius 2 is 2.17 bits per heavy atom. The zero-order valence-corrected chi connectivity index (χ0v) is 12.7. The van der Waals surface area contributed by atoms with E-state index in [9.17, 15) is 0 Å². The van der Waals surface area contributed by atoms with Crippen molar-refractivity contribution < 1.29 is 4.74 Å². The minimum atomic E-state index is 0.133. The Hall–Kier alpha value is -0.540. The molecule has 0 bridgehead atoms. The van der Waals surface area contributed by atoms with Gasteiger partial charge in [-0.15, -0.1) is 0 Å². The van der Waals surface area contributed by atoms with Crippen LogP contribution >= 0.6 is 15.9 Å². The van der Waals surface area contributed by atoms with Crippen LogP contribution in [0.3, 0.4) is 0 Å². The lowest BCUT2D eigenvalue weighted by molar-refractivity contribution is 0.315. The number of halogens is 1. The summed E-state index contributed by atoms with van der Waals surface area (Å²) >= 11 is 3.57. The van der Waals surface area contributed by atoms with Gasteiger partial charge in [0.15, 0.2) is 0 Å². The van der Waals surface area contributed by atoms with Crippen LogP contribution in [0.2, 0.25) is 0 Å². The summed E-state index contributed by atoms with van der Waals surface area (Å²) < 4.78 is 6.66. The van der Waals surface area contributed by atoms with E-state index in [1.54, 1.807) is 0 Å². The molecule has 18 heavy (non-hydrogen) atoms. The van der Waals surface area contributed by atoms with Gasteiger partial charge in [0.2, 0.25) is 0 Å². The summed E-state index contributed by atoms with van der Waals surface area (Å²) in [5.41, 5.74) is 7.54. The highest BCUT2D eigenvalue weighted by atomic mass is 79.9. The molecule has 2 rings (SSSR count). The highest BCUT2D eigenvalue weighted by molar-refractivity contribution is 9.10. The third-order valence-electron chi connectivity index (χ3n) is 3.73. The van der Waals surface area contributed by atoms with E-state index in [1.807, 2.05) is 6.07 Å². The number of ether oxygens (including phenoxy) is 1. The first-order chi connectivity index (χ1) is 8.63. The number of rotatable bonds is 6. The van der Waals surface area contributed by atoms with Gasteiger partial charge >= 0.3 is 0 Å². The van der Waals surface area contributed by atoms with Crippen molar-refractivity contribution in [1.29, 1.82) is 0 Å². The maximum atomic E-state index is 6.34. The van der Waals surface area contributed by atoms with Crippen molar-refractivity contribution in [2.75, 3.05) is 6.61 Å². The average Bonchev–Trinajstić information content (AvgIpc) is 3.19. The van der Waals surface area contributed by atoms with Gasteiger partial charge in [0.1, 0.15) is 5.75 Å². The number of nitrogens with two attached hydrogens (primary N) is 1. The van der Waals surface area contributed by atoms with Crippen LogP contribution in [0.25, 0.3) is 0 Å². The van der Waals surface area contributed by atoms with E-state index < -0.39 is 0 Å². The highest BCUT2D eigenvalue weighted by Crippen LogP contribution is 2.42. The summed E-state index contributed by atoms with van der Waals surface area (Å²) in [7, 11) is 0. The lowest BCUT2D eigenvalue weighted by atomic mass is 9.91. The van der Waals surface area contributed by atoms with Gasteiger partial charge in [-0.25, -0.2) is 0 Å². The Morgan fingerprint density at radius 3 is 2.72 bits per heavy atom. The van der Waals surface area contributed by atoms with Crippen molar-refractivity contribution in [3.8, 4) is 5.75 Å². The van der Waals surface area contributed by atoms with Crippen molar-refractivity contribution in [3.63, 3.8) is 0 Å². The van der Waals surface area contributed by atoms with Gasteiger partial charge in [-0.1, -0.05) is 19.9 Å². The number of benzene rings is 1. The van der Waals surface area contributed by atoms with Crippen molar-refractivity contribution in [1.82, 2.24) is 0 Å². The van der Waals surface area contributed by atoms with E-state index in [1.165, 1.54) is 18.4 Å². The van der Waals surface area contributed by atoms with Crippen LogP contribution < -0.4 is 10.5 Å². The highest BCUT2D eigenvalue weighted by Gasteiger charge is 2.32. The molecule has 1 aliphatic carbocycles. The zero-order valence-electron chi connectivity index (χ0n) is 11.2. The first-order valence-electron chi connectivity index (χ1n) is 6.81. The van der Waals surface area contributed by atoms with Crippen molar-refractivity contribution in [2.24, 2.45) is 17.6 Å². The molecule has 0 spiro atoms. The van der Waals surface area contributed by atoms with E-state index >= 15 is 0 Å². The molecule has 0 amide bonds. The molecule has 0 saturated heterocycles. The SMILES string of the molecule is CCCOc1ccc(C(N)C(C)C2CC2)cc1Br. The first kappa shape index (κ1) is 13.9. The molecule has 0 heterocycles. The second kappa shape index (κ2) is 6.07. The monoisotopic (exact) mass is 311 g/mol. The summed E-state index contributed by atoms with van der Waals surface area (Å²) in [5, 5.41) is 0. The predicted molar refractivity (Wildman–Crippen MR) is 78.7 cm³/mol. The summed E-state index contributed by atoms with van der Waals surface area (Å²) in [5.74, 6) is 2.31. The normalized spacial score (nSPS) is 18.4. The Labute approximate surface area is 118 Å². The largest absolute Gasteiger partial charge is 0.492 e. The van der Waals surface area contributed by atoms with Crippen molar-refractivity contribution in [2.45, 2.75) is 39.2 Å². The molecule has 1 aliphatic rings. The Kier molecular flexibility index (Phi) is 4.68. The zero-order chi connectivity index (χ0) is 13.1. The quantitative estimate of drug-likeness (QED) is 0.851. The molecule has 2 nitrogen and oxygen atoms in total. The fourth-order valence-corrected chi connectivity index (χ4v) is 2.78. The van der Waals surface area contributed by atoms with E-state index in [2.05, 4.69) is 41.9 Å². The lowest BCUT2D eigenvalue weighted by Gasteiger charge is -2.20. The maximum absolute atomic E-state index is 6.34. The molecule has 100 valence electrons. The third-order valence-corrected chi connectivity index (χ3v) is 4.35. The fourth-order valence-electron chi connectivity index (χ4n) is 2.27. The molecule has 2 N–H and O–H groups in total. The van der Waals surface area contributed by atoms with Gasteiger partial charge in [-0.2, -0.15) is 0 Å². The first-order valence-corrected chi connectivity index (χ1v) is 7.60. The average molecular weight is 312 g/mol. The van der Waals surface area contributed by atoms with Gasteiger partial charge < -0.3 is 10.5 Å². The minimum absolute atomic E-state index is 0.133. The Bertz CT molecular complexity index is 403. The smallest absolute Gasteiger partial charge is 0.133 e. The lowest BCUT2D eigenvalue weighted by Crippen LogP contribution is -2.20. The molecular formula is C15H22BrNO. The van der Waals surface area contributed by atoms with Gasteiger partial charge in [0.25, 0.3) is 0 Å². The van der Waals surface area contributed by atoms with E-state index in [-0.39, 0.29) is 6.04 Å². The molecule has 1 aromatic carbocycles. The molecular weight excluding hydrogens is 290 g/mol. The Morgan fingerprint density at radius 1 is 1.44 bits per heavy atom. The minimum Gasteiger partial charge on any atom is -0.492 e. The van der Waals surface area contributed by atoms with Crippen LogP contribution in [-0.2, 0) is 0 Å². The molecule has 0 aromatic heterocycles. The van der Waals surface area contributed by atoms with Gasteiger partial charge in [-0.3, -0.25) is 0 Å². The topological polar surface area (TPSA) is 35.2 Å². The fraction of sp³-hybridized carbons (Fsp3) is 0.600. The van der Waals surface area contributed by atoms with E-state index in [0.717, 1.165) is 29.2 Å². The molecule has 0 aliphatic heterocycles. The molecule has 2 unspecified atom stereocenters. The summed E-state index contributed by atoms with van der Waals surface area (Å²) in [6.07, 6.45) is 3.70. The van der Waals surface area contributed by atoms with Crippen molar-refractivity contribution >= 4 is 15.9 Å². The number of hydrogen-bond donors (Lipinski definition) is 1. The van der Waals surface area contributed by atoms with Gasteiger partial charge in [0, 0.05) is 6.04 Å². The maximum Gasteiger partial charge on any atom is 0.133 e. The second-order valence-corrected chi connectivity index (χ2v) is 6.11. The number of hydrogen-bond acceptors (Lipinski definition) is 2. The molecule has 2 atom stereocenters. The van der Waals surface area contributed by atoms with Gasteiger partial charge in [-0.05, 0) is 64.7 Å². The van der Waals surface area contributed by atoms with E-state index in [4.69, 9.17) is 10.5 Å². The second-order valence-electron chi connectivity index (χ2n) is 5.26. The Balaban J connectivity index is 2.07. The van der Waals surface area contributed by atoms with Crippen LogP contribution in [0.15, 0.2) is 22.7 Å². The van der Waals surface area contributed by atoms with E-state index in [0.29, 0.717) is 5.92 Å². The van der Waals surface area contributed by atoms with Crippen LogP contribution in [0.4, 0.5) is 0 Å². The molecule has 1 aromatic rings. The summed E-state index contributed by atoms with van der Waals surface area (Å²) in [6, 6.07) is 6.36.